The Hall–Kier alpha value is -0.780. The summed E-state index contributed by atoms with van der Waals surface area (Å²) in [6.45, 7) is 4.01. The Balaban J connectivity index is 2.09. The van der Waals surface area contributed by atoms with E-state index in [-0.39, 0.29) is 31.5 Å². The van der Waals surface area contributed by atoms with Crippen molar-refractivity contribution in [2.75, 3.05) is 13.1 Å². The van der Waals surface area contributed by atoms with Gasteiger partial charge in [0.25, 0.3) is 0 Å². The van der Waals surface area contributed by atoms with Crippen LogP contribution >= 0.6 is 0 Å². The van der Waals surface area contributed by atoms with E-state index in [4.69, 9.17) is 0 Å². The van der Waals surface area contributed by atoms with Crippen LogP contribution in [0.1, 0.15) is 33.1 Å². The summed E-state index contributed by atoms with van der Waals surface area (Å²) in [6.07, 6.45) is -2.92. The van der Waals surface area contributed by atoms with Crippen LogP contribution in [0, 0.1) is 17.3 Å². The third-order valence-electron chi connectivity index (χ3n) is 4.91. The van der Waals surface area contributed by atoms with Gasteiger partial charge in [-0.05, 0) is 37.6 Å². The van der Waals surface area contributed by atoms with Crippen LogP contribution in [0.2, 0.25) is 0 Å². The van der Waals surface area contributed by atoms with Gasteiger partial charge in [0.05, 0.1) is 0 Å². The van der Waals surface area contributed by atoms with Crippen molar-refractivity contribution in [2.24, 2.45) is 17.3 Å². The van der Waals surface area contributed by atoms with Crippen molar-refractivity contribution in [3.8, 4) is 0 Å². The number of nitrogens with one attached hydrogen (secondary N) is 2. The second kappa shape index (κ2) is 4.96. The number of hydrogen-bond acceptors (Lipinski definition) is 2. The van der Waals surface area contributed by atoms with Gasteiger partial charge < -0.3 is 10.6 Å². The predicted molar refractivity (Wildman–Crippen MR) is 65.5 cm³/mol. The Morgan fingerprint density at radius 3 is 2.42 bits per heavy atom. The van der Waals surface area contributed by atoms with Gasteiger partial charge in [-0.25, -0.2) is 0 Å². The molecular weight excluding hydrogens is 257 g/mol. The van der Waals surface area contributed by atoms with Crippen molar-refractivity contribution >= 4 is 5.91 Å². The first-order chi connectivity index (χ1) is 8.78. The molecule has 19 heavy (non-hydrogen) atoms. The van der Waals surface area contributed by atoms with Gasteiger partial charge in [0.1, 0.15) is 0 Å². The highest BCUT2D eigenvalue weighted by molar-refractivity contribution is 5.84. The number of alkyl halides is 3. The van der Waals surface area contributed by atoms with E-state index in [9.17, 15) is 18.0 Å². The van der Waals surface area contributed by atoms with Crippen molar-refractivity contribution in [3.63, 3.8) is 0 Å². The molecule has 2 rings (SSSR count). The minimum absolute atomic E-state index is 0.123. The van der Waals surface area contributed by atoms with Crippen LogP contribution in [0.25, 0.3) is 0 Å². The summed E-state index contributed by atoms with van der Waals surface area (Å²) >= 11 is 0. The predicted octanol–water partition coefficient (Wildman–Crippen LogP) is 2.08. The Kier molecular flexibility index (Phi) is 3.82. The molecule has 1 heterocycles. The Labute approximate surface area is 111 Å². The first-order valence-corrected chi connectivity index (χ1v) is 6.86. The van der Waals surface area contributed by atoms with Crippen molar-refractivity contribution in [1.29, 1.82) is 0 Å². The van der Waals surface area contributed by atoms with Crippen LogP contribution in [0.5, 0.6) is 0 Å². The molecule has 0 aromatic carbocycles. The topological polar surface area (TPSA) is 41.1 Å². The summed E-state index contributed by atoms with van der Waals surface area (Å²) < 4.78 is 39.6. The quantitative estimate of drug-likeness (QED) is 0.812. The highest BCUT2D eigenvalue weighted by atomic mass is 19.4. The fraction of sp³-hybridized carbons (Fsp3) is 0.923. The van der Waals surface area contributed by atoms with Gasteiger partial charge in [0.15, 0.2) is 5.41 Å². The van der Waals surface area contributed by atoms with Gasteiger partial charge in [-0.2, -0.15) is 13.2 Å². The zero-order chi connectivity index (χ0) is 14.3. The monoisotopic (exact) mass is 278 g/mol. The molecule has 1 aliphatic heterocycles. The highest BCUT2D eigenvalue weighted by Gasteiger charge is 2.61. The number of carbonyl (C=O) groups is 1. The van der Waals surface area contributed by atoms with E-state index in [0.717, 1.165) is 12.8 Å². The van der Waals surface area contributed by atoms with E-state index < -0.39 is 17.5 Å². The SMILES string of the molecule is CC1CCC(NC(=O)C2(C(F)(F)F)CCNC2)C1C. The lowest BCUT2D eigenvalue weighted by Crippen LogP contribution is -2.54. The number of amides is 1. The van der Waals surface area contributed by atoms with Crippen LogP contribution in [0.3, 0.4) is 0 Å². The number of halogens is 3. The summed E-state index contributed by atoms with van der Waals surface area (Å²) in [7, 11) is 0. The van der Waals surface area contributed by atoms with Crippen molar-refractivity contribution in [1.82, 2.24) is 10.6 Å². The summed E-state index contributed by atoms with van der Waals surface area (Å²) in [4.78, 5) is 12.2. The van der Waals surface area contributed by atoms with Gasteiger partial charge in [-0.15, -0.1) is 0 Å². The van der Waals surface area contributed by atoms with Crippen molar-refractivity contribution < 1.29 is 18.0 Å². The number of rotatable bonds is 2. The molecule has 110 valence electrons. The summed E-state index contributed by atoms with van der Waals surface area (Å²) in [6, 6.07) is -0.123. The summed E-state index contributed by atoms with van der Waals surface area (Å²) in [5.41, 5.74) is -2.24. The van der Waals surface area contributed by atoms with Crippen molar-refractivity contribution in [2.45, 2.75) is 45.3 Å². The molecule has 4 atom stereocenters. The lowest BCUT2D eigenvalue weighted by atomic mass is 9.84. The average molecular weight is 278 g/mol. The largest absolute Gasteiger partial charge is 0.404 e. The van der Waals surface area contributed by atoms with Crippen LogP contribution < -0.4 is 10.6 Å². The molecule has 0 bridgehead atoms. The lowest BCUT2D eigenvalue weighted by molar-refractivity contribution is -0.216. The van der Waals surface area contributed by atoms with Gasteiger partial charge >= 0.3 is 6.18 Å². The smallest absolute Gasteiger partial charge is 0.352 e. The second-order valence-corrected chi connectivity index (χ2v) is 6.00. The van der Waals surface area contributed by atoms with Crippen LogP contribution in [0.4, 0.5) is 13.2 Å². The van der Waals surface area contributed by atoms with E-state index in [1.807, 2.05) is 6.92 Å². The average Bonchev–Trinajstić information content (AvgIpc) is 2.91. The zero-order valence-electron chi connectivity index (χ0n) is 11.3. The molecular formula is C13H21F3N2O. The molecule has 2 fully saturated rings. The van der Waals surface area contributed by atoms with E-state index in [1.54, 1.807) is 0 Å². The van der Waals surface area contributed by atoms with Gasteiger partial charge in [0.2, 0.25) is 5.91 Å². The van der Waals surface area contributed by atoms with Gasteiger partial charge in [-0.3, -0.25) is 4.79 Å². The maximum absolute atomic E-state index is 13.2. The van der Waals surface area contributed by atoms with Crippen molar-refractivity contribution in [3.05, 3.63) is 0 Å². The zero-order valence-corrected chi connectivity index (χ0v) is 11.3. The highest BCUT2D eigenvalue weighted by Crippen LogP contribution is 2.43. The van der Waals surface area contributed by atoms with Crippen LogP contribution in [-0.4, -0.2) is 31.2 Å². The first-order valence-electron chi connectivity index (χ1n) is 6.86. The molecule has 0 aromatic rings. The third kappa shape index (κ3) is 2.47. The molecule has 1 saturated carbocycles. The standard InChI is InChI=1S/C13H21F3N2O/c1-8-3-4-10(9(8)2)18-11(19)12(13(14,15)16)5-6-17-7-12/h8-10,17H,3-7H2,1-2H3,(H,18,19). The fourth-order valence-corrected chi connectivity index (χ4v) is 3.13. The van der Waals surface area contributed by atoms with E-state index in [1.165, 1.54) is 0 Å². The fourth-order valence-electron chi connectivity index (χ4n) is 3.13. The molecule has 1 saturated heterocycles. The molecule has 1 aliphatic carbocycles. The molecule has 2 N–H and O–H groups in total. The number of hydrogen-bond donors (Lipinski definition) is 2. The Morgan fingerprint density at radius 2 is 2.00 bits per heavy atom. The maximum Gasteiger partial charge on any atom is 0.404 e. The van der Waals surface area contributed by atoms with Crippen LogP contribution in [-0.2, 0) is 4.79 Å². The molecule has 4 unspecified atom stereocenters. The minimum atomic E-state index is -4.49. The second-order valence-electron chi connectivity index (χ2n) is 6.00. The third-order valence-corrected chi connectivity index (χ3v) is 4.91. The van der Waals surface area contributed by atoms with Crippen LogP contribution in [0.15, 0.2) is 0 Å². The van der Waals surface area contributed by atoms with E-state index in [0.29, 0.717) is 5.92 Å². The molecule has 2 aliphatic rings. The number of carbonyl (C=O) groups excluding carboxylic acids is 1. The molecule has 1 amide bonds. The lowest BCUT2D eigenvalue weighted by Gasteiger charge is -2.32. The summed E-state index contributed by atoms with van der Waals surface area (Å²) in [5, 5.41) is 5.31. The molecule has 0 aromatic heterocycles. The van der Waals surface area contributed by atoms with E-state index in [2.05, 4.69) is 17.6 Å². The Bertz CT molecular complexity index is 350. The Morgan fingerprint density at radius 1 is 1.32 bits per heavy atom. The molecule has 0 spiro atoms. The van der Waals surface area contributed by atoms with Gasteiger partial charge in [-0.1, -0.05) is 13.8 Å². The maximum atomic E-state index is 13.2. The normalized spacial score (nSPS) is 39.5. The summed E-state index contributed by atoms with van der Waals surface area (Å²) in [5.74, 6) is -0.159. The van der Waals surface area contributed by atoms with Gasteiger partial charge in [0, 0.05) is 12.6 Å². The first kappa shape index (κ1) is 14.6. The van der Waals surface area contributed by atoms with E-state index >= 15 is 0 Å². The molecule has 0 radical (unpaired) electrons. The molecule has 3 nitrogen and oxygen atoms in total. The minimum Gasteiger partial charge on any atom is -0.352 e. The molecule has 6 heteroatoms.